The van der Waals surface area contributed by atoms with Crippen LogP contribution in [0.4, 0.5) is 4.79 Å². The molecular formula is C11H22N2O3. The molecule has 1 amide bonds. The van der Waals surface area contributed by atoms with Crippen molar-refractivity contribution in [3.8, 4) is 0 Å². The minimum absolute atomic E-state index is 0.0276. The van der Waals surface area contributed by atoms with Crippen molar-refractivity contribution in [3.05, 3.63) is 0 Å². The van der Waals surface area contributed by atoms with Gasteiger partial charge in [-0.05, 0) is 40.0 Å². The summed E-state index contributed by atoms with van der Waals surface area (Å²) >= 11 is 0. The van der Waals surface area contributed by atoms with E-state index in [1.54, 1.807) is 11.9 Å². The highest BCUT2D eigenvalue weighted by molar-refractivity contribution is 5.68. The molecule has 0 aliphatic heterocycles. The van der Waals surface area contributed by atoms with Crippen molar-refractivity contribution in [1.82, 2.24) is 4.90 Å². The first-order chi connectivity index (χ1) is 7.35. The zero-order valence-electron chi connectivity index (χ0n) is 10.5. The molecule has 16 heavy (non-hydrogen) atoms. The Labute approximate surface area is 96.8 Å². The van der Waals surface area contributed by atoms with Gasteiger partial charge in [0.2, 0.25) is 0 Å². The van der Waals surface area contributed by atoms with Crippen molar-refractivity contribution < 1.29 is 14.4 Å². The summed E-state index contributed by atoms with van der Waals surface area (Å²) < 4.78 is 5.30. The molecule has 0 saturated heterocycles. The van der Waals surface area contributed by atoms with Crippen molar-refractivity contribution in [2.24, 2.45) is 5.90 Å². The van der Waals surface area contributed by atoms with Crippen LogP contribution in [-0.2, 0) is 9.57 Å². The lowest BCUT2D eigenvalue weighted by Crippen LogP contribution is -2.45. The largest absolute Gasteiger partial charge is 0.444 e. The van der Waals surface area contributed by atoms with Crippen molar-refractivity contribution in [2.75, 3.05) is 7.05 Å². The molecule has 0 heterocycles. The van der Waals surface area contributed by atoms with Gasteiger partial charge in [-0.15, -0.1) is 0 Å². The van der Waals surface area contributed by atoms with Gasteiger partial charge >= 0.3 is 6.09 Å². The Balaban J connectivity index is 2.56. The fourth-order valence-electron chi connectivity index (χ4n) is 1.98. The molecule has 1 aliphatic rings. The summed E-state index contributed by atoms with van der Waals surface area (Å²) in [5.41, 5.74) is -0.469. The topological polar surface area (TPSA) is 64.8 Å². The smallest absolute Gasteiger partial charge is 0.410 e. The van der Waals surface area contributed by atoms with Crippen molar-refractivity contribution in [3.63, 3.8) is 0 Å². The molecule has 5 nitrogen and oxygen atoms in total. The second kappa shape index (κ2) is 5.01. The minimum Gasteiger partial charge on any atom is -0.444 e. The summed E-state index contributed by atoms with van der Waals surface area (Å²) in [6, 6.07) is 0.0276. The molecule has 5 heteroatoms. The first kappa shape index (κ1) is 13.3. The van der Waals surface area contributed by atoms with Crippen LogP contribution in [0.15, 0.2) is 0 Å². The summed E-state index contributed by atoms with van der Waals surface area (Å²) in [5, 5.41) is 0. The number of carbonyl (C=O) groups excluding carboxylic acids is 1. The Morgan fingerprint density at radius 2 is 2.00 bits per heavy atom. The molecular weight excluding hydrogens is 208 g/mol. The molecule has 0 aromatic heterocycles. The summed E-state index contributed by atoms with van der Waals surface area (Å²) in [4.78, 5) is 18.3. The second-order valence-corrected chi connectivity index (χ2v) is 5.26. The fraction of sp³-hybridized carbons (Fsp3) is 0.909. The predicted molar refractivity (Wildman–Crippen MR) is 60.7 cm³/mol. The van der Waals surface area contributed by atoms with E-state index >= 15 is 0 Å². The van der Waals surface area contributed by atoms with Gasteiger partial charge in [0, 0.05) is 7.05 Å². The molecule has 1 fully saturated rings. The van der Waals surface area contributed by atoms with E-state index in [1.165, 1.54) is 0 Å². The summed E-state index contributed by atoms with van der Waals surface area (Å²) in [5.74, 6) is 5.21. The van der Waals surface area contributed by atoms with Gasteiger partial charge in [-0.3, -0.25) is 4.84 Å². The van der Waals surface area contributed by atoms with Crippen LogP contribution in [0.25, 0.3) is 0 Å². The molecule has 1 saturated carbocycles. The zero-order valence-corrected chi connectivity index (χ0v) is 10.5. The van der Waals surface area contributed by atoms with E-state index in [9.17, 15) is 4.79 Å². The molecule has 1 rings (SSSR count). The number of hydrogen-bond donors (Lipinski definition) is 1. The van der Waals surface area contributed by atoms with E-state index in [2.05, 4.69) is 0 Å². The van der Waals surface area contributed by atoms with E-state index in [4.69, 9.17) is 15.5 Å². The minimum atomic E-state index is -0.469. The number of amides is 1. The van der Waals surface area contributed by atoms with Crippen LogP contribution < -0.4 is 5.90 Å². The van der Waals surface area contributed by atoms with Gasteiger partial charge < -0.3 is 9.64 Å². The number of nitrogens with zero attached hydrogens (tertiary/aromatic N) is 1. The zero-order chi connectivity index (χ0) is 12.3. The van der Waals surface area contributed by atoms with Crippen LogP contribution in [0.5, 0.6) is 0 Å². The third-order valence-electron chi connectivity index (χ3n) is 2.77. The Morgan fingerprint density at radius 3 is 2.50 bits per heavy atom. The van der Waals surface area contributed by atoms with Crippen LogP contribution >= 0.6 is 0 Å². The van der Waals surface area contributed by atoms with E-state index in [-0.39, 0.29) is 18.2 Å². The number of ether oxygens (including phenoxy) is 1. The lowest BCUT2D eigenvalue weighted by Gasteiger charge is -2.30. The van der Waals surface area contributed by atoms with Gasteiger partial charge in [-0.2, -0.15) is 0 Å². The fourth-order valence-corrected chi connectivity index (χ4v) is 1.98. The number of rotatable bonds is 2. The molecule has 94 valence electrons. The molecule has 0 spiro atoms. The van der Waals surface area contributed by atoms with Gasteiger partial charge in [0.05, 0.1) is 12.1 Å². The van der Waals surface area contributed by atoms with Crippen LogP contribution in [0, 0.1) is 0 Å². The monoisotopic (exact) mass is 230 g/mol. The third kappa shape index (κ3) is 3.35. The van der Waals surface area contributed by atoms with Gasteiger partial charge in [0.1, 0.15) is 5.60 Å². The lowest BCUT2D eigenvalue weighted by molar-refractivity contribution is -0.0143. The first-order valence-electron chi connectivity index (χ1n) is 5.66. The van der Waals surface area contributed by atoms with Crippen molar-refractivity contribution in [1.29, 1.82) is 0 Å². The van der Waals surface area contributed by atoms with E-state index in [1.807, 2.05) is 20.8 Å². The number of likely N-dealkylation sites (N-methyl/N-ethyl adjacent to an activating group) is 1. The lowest BCUT2D eigenvalue weighted by atomic mass is 10.2. The van der Waals surface area contributed by atoms with Gasteiger partial charge in [-0.1, -0.05) is 0 Å². The average molecular weight is 230 g/mol. The molecule has 2 N–H and O–H groups in total. The first-order valence-corrected chi connectivity index (χ1v) is 5.66. The van der Waals surface area contributed by atoms with E-state index < -0.39 is 5.60 Å². The summed E-state index contributed by atoms with van der Waals surface area (Å²) in [6.45, 7) is 5.55. The molecule has 0 aromatic carbocycles. The molecule has 0 aromatic rings. The number of hydrogen-bond acceptors (Lipinski definition) is 4. The van der Waals surface area contributed by atoms with Crippen LogP contribution in [0.2, 0.25) is 0 Å². The van der Waals surface area contributed by atoms with E-state index in [0.717, 1.165) is 19.3 Å². The quantitative estimate of drug-likeness (QED) is 0.733. The predicted octanol–water partition coefficient (Wildman–Crippen LogP) is 1.66. The Morgan fingerprint density at radius 1 is 1.38 bits per heavy atom. The highest BCUT2D eigenvalue weighted by Gasteiger charge is 2.35. The summed E-state index contributed by atoms with van der Waals surface area (Å²) in [6.07, 6.45) is 2.45. The van der Waals surface area contributed by atoms with Crippen molar-refractivity contribution >= 4 is 6.09 Å². The highest BCUT2D eigenvalue weighted by atomic mass is 16.6. The van der Waals surface area contributed by atoms with Gasteiger partial charge in [-0.25, -0.2) is 10.7 Å². The molecule has 0 radical (unpaired) electrons. The maximum Gasteiger partial charge on any atom is 0.410 e. The third-order valence-corrected chi connectivity index (χ3v) is 2.77. The maximum absolute atomic E-state index is 11.8. The standard InChI is InChI=1S/C11H22N2O3/c1-11(2,3)15-10(14)13(4)8-6-5-7-9(8)16-12/h8-9H,5-7,12H2,1-4H3. The number of nitrogens with two attached hydrogens (primary N) is 1. The summed E-state index contributed by atoms with van der Waals surface area (Å²) in [7, 11) is 1.73. The average Bonchev–Trinajstić information content (AvgIpc) is 2.61. The van der Waals surface area contributed by atoms with E-state index in [0.29, 0.717) is 0 Å². The highest BCUT2D eigenvalue weighted by Crippen LogP contribution is 2.26. The van der Waals surface area contributed by atoms with Crippen LogP contribution in [0.1, 0.15) is 40.0 Å². The second-order valence-electron chi connectivity index (χ2n) is 5.26. The van der Waals surface area contributed by atoms with Gasteiger partial charge in [0.25, 0.3) is 0 Å². The Kier molecular flexibility index (Phi) is 4.15. The maximum atomic E-state index is 11.8. The molecule has 0 bridgehead atoms. The van der Waals surface area contributed by atoms with Crippen LogP contribution in [0.3, 0.4) is 0 Å². The molecule has 1 aliphatic carbocycles. The SMILES string of the molecule is CN(C(=O)OC(C)(C)C)C1CCCC1ON. The normalized spacial score (nSPS) is 25.6. The molecule has 2 unspecified atom stereocenters. The Hall–Kier alpha value is -0.810. The number of carbonyl (C=O) groups is 1. The van der Waals surface area contributed by atoms with Gasteiger partial charge in [0.15, 0.2) is 0 Å². The Bertz CT molecular complexity index is 250. The van der Waals surface area contributed by atoms with Crippen LogP contribution in [-0.4, -0.2) is 35.8 Å². The van der Waals surface area contributed by atoms with Crippen molar-refractivity contribution in [2.45, 2.75) is 57.8 Å². The molecule has 2 atom stereocenters.